The lowest BCUT2D eigenvalue weighted by Gasteiger charge is -2.23. The van der Waals surface area contributed by atoms with Gasteiger partial charge < -0.3 is 15.7 Å². The first-order valence-electron chi connectivity index (χ1n) is 7.16. The summed E-state index contributed by atoms with van der Waals surface area (Å²) >= 11 is 0. The first-order valence-corrected chi connectivity index (χ1v) is 7.16. The van der Waals surface area contributed by atoms with E-state index in [-0.39, 0.29) is 18.0 Å². The standard InChI is InChI=1S/C14H26N2O3/c1-5-10-6-7-11(9(10)4)15-14(19)16-12(8(2)3)13(17)18/h8-12H,5-7H2,1-4H3,(H,17,18)(H2,15,16,19). The molecule has 0 spiro atoms. The van der Waals surface area contributed by atoms with Crippen LogP contribution in [0.4, 0.5) is 4.79 Å². The number of carbonyl (C=O) groups is 2. The predicted molar refractivity (Wildman–Crippen MR) is 73.9 cm³/mol. The largest absolute Gasteiger partial charge is 0.480 e. The second-order valence-corrected chi connectivity index (χ2v) is 5.89. The van der Waals surface area contributed by atoms with Gasteiger partial charge in [-0.05, 0) is 30.6 Å². The Hall–Kier alpha value is -1.26. The highest BCUT2D eigenvalue weighted by molar-refractivity contribution is 5.82. The Balaban J connectivity index is 2.49. The maximum Gasteiger partial charge on any atom is 0.326 e. The first-order chi connectivity index (χ1) is 8.86. The third kappa shape index (κ3) is 4.11. The fourth-order valence-corrected chi connectivity index (χ4v) is 2.89. The van der Waals surface area contributed by atoms with E-state index in [0.717, 1.165) is 19.3 Å². The highest BCUT2D eigenvalue weighted by Crippen LogP contribution is 2.33. The molecule has 5 heteroatoms. The van der Waals surface area contributed by atoms with Crippen molar-refractivity contribution < 1.29 is 14.7 Å². The molecule has 2 amide bonds. The van der Waals surface area contributed by atoms with E-state index < -0.39 is 12.0 Å². The molecule has 1 rings (SSSR count). The summed E-state index contributed by atoms with van der Waals surface area (Å²) in [5.41, 5.74) is 0. The minimum absolute atomic E-state index is 0.132. The van der Waals surface area contributed by atoms with E-state index in [2.05, 4.69) is 24.5 Å². The van der Waals surface area contributed by atoms with Gasteiger partial charge in [0.15, 0.2) is 0 Å². The van der Waals surface area contributed by atoms with Crippen LogP contribution < -0.4 is 10.6 Å². The van der Waals surface area contributed by atoms with Gasteiger partial charge in [0.1, 0.15) is 6.04 Å². The van der Waals surface area contributed by atoms with Crippen molar-refractivity contribution in [3.05, 3.63) is 0 Å². The van der Waals surface area contributed by atoms with Gasteiger partial charge >= 0.3 is 12.0 Å². The summed E-state index contributed by atoms with van der Waals surface area (Å²) < 4.78 is 0. The third-order valence-electron chi connectivity index (χ3n) is 4.29. The lowest BCUT2D eigenvalue weighted by Crippen LogP contribution is -2.51. The Bertz CT molecular complexity index is 331. The van der Waals surface area contributed by atoms with E-state index in [1.165, 1.54) is 0 Å². The molecule has 3 N–H and O–H groups in total. The molecule has 0 bridgehead atoms. The zero-order valence-corrected chi connectivity index (χ0v) is 12.3. The van der Waals surface area contributed by atoms with Crippen molar-refractivity contribution in [3.8, 4) is 0 Å². The van der Waals surface area contributed by atoms with Crippen molar-refractivity contribution in [2.24, 2.45) is 17.8 Å². The summed E-state index contributed by atoms with van der Waals surface area (Å²) in [6.07, 6.45) is 3.24. The number of hydrogen-bond acceptors (Lipinski definition) is 2. The van der Waals surface area contributed by atoms with Crippen molar-refractivity contribution in [1.82, 2.24) is 10.6 Å². The van der Waals surface area contributed by atoms with Crippen LogP contribution in [-0.2, 0) is 4.79 Å². The average molecular weight is 270 g/mol. The molecule has 0 aromatic carbocycles. The van der Waals surface area contributed by atoms with Crippen LogP contribution in [0, 0.1) is 17.8 Å². The zero-order chi connectivity index (χ0) is 14.6. The molecule has 1 fully saturated rings. The molecule has 0 radical (unpaired) electrons. The van der Waals surface area contributed by atoms with Crippen LogP contribution in [-0.4, -0.2) is 29.2 Å². The van der Waals surface area contributed by atoms with E-state index in [0.29, 0.717) is 11.8 Å². The molecular weight excluding hydrogens is 244 g/mol. The fourth-order valence-electron chi connectivity index (χ4n) is 2.89. The molecule has 0 saturated heterocycles. The van der Waals surface area contributed by atoms with E-state index in [1.807, 2.05) is 0 Å². The number of amides is 2. The highest BCUT2D eigenvalue weighted by atomic mass is 16.4. The molecular formula is C14H26N2O3. The molecule has 4 unspecified atom stereocenters. The molecule has 0 aromatic rings. The van der Waals surface area contributed by atoms with Crippen LogP contribution in [0.3, 0.4) is 0 Å². The molecule has 1 aliphatic carbocycles. The number of urea groups is 1. The second kappa shape index (κ2) is 6.78. The van der Waals surface area contributed by atoms with Crippen molar-refractivity contribution in [1.29, 1.82) is 0 Å². The van der Waals surface area contributed by atoms with Crippen molar-refractivity contribution in [2.75, 3.05) is 0 Å². The van der Waals surface area contributed by atoms with Gasteiger partial charge in [-0.15, -0.1) is 0 Å². The lowest BCUT2D eigenvalue weighted by molar-refractivity contribution is -0.140. The lowest BCUT2D eigenvalue weighted by atomic mass is 9.93. The van der Waals surface area contributed by atoms with Gasteiger partial charge in [0.05, 0.1) is 0 Å². The minimum atomic E-state index is -0.990. The molecule has 1 aliphatic rings. The average Bonchev–Trinajstić information content (AvgIpc) is 2.66. The summed E-state index contributed by atoms with van der Waals surface area (Å²) in [5, 5.41) is 14.5. The zero-order valence-electron chi connectivity index (χ0n) is 12.3. The molecule has 1 saturated carbocycles. The van der Waals surface area contributed by atoms with Crippen molar-refractivity contribution in [2.45, 2.75) is 59.0 Å². The van der Waals surface area contributed by atoms with Gasteiger partial charge in [-0.2, -0.15) is 0 Å². The second-order valence-electron chi connectivity index (χ2n) is 5.89. The molecule has 5 nitrogen and oxygen atoms in total. The van der Waals surface area contributed by atoms with Crippen LogP contribution in [0.2, 0.25) is 0 Å². The van der Waals surface area contributed by atoms with Crippen LogP contribution in [0.25, 0.3) is 0 Å². The Morgan fingerprint density at radius 1 is 1.32 bits per heavy atom. The molecule has 0 heterocycles. The number of carboxylic acid groups (broad SMARTS) is 1. The van der Waals surface area contributed by atoms with Gasteiger partial charge in [-0.3, -0.25) is 0 Å². The van der Waals surface area contributed by atoms with Gasteiger partial charge in [0.25, 0.3) is 0 Å². The number of nitrogens with one attached hydrogen (secondary N) is 2. The van der Waals surface area contributed by atoms with Gasteiger partial charge in [0.2, 0.25) is 0 Å². The van der Waals surface area contributed by atoms with Crippen LogP contribution >= 0.6 is 0 Å². The molecule has 19 heavy (non-hydrogen) atoms. The quantitative estimate of drug-likeness (QED) is 0.716. The predicted octanol–water partition coefficient (Wildman–Crippen LogP) is 2.22. The van der Waals surface area contributed by atoms with Crippen LogP contribution in [0.5, 0.6) is 0 Å². The summed E-state index contributed by atoms with van der Waals surface area (Å²) in [7, 11) is 0. The summed E-state index contributed by atoms with van der Waals surface area (Å²) in [6.45, 7) is 7.89. The SMILES string of the molecule is CCC1CCC(NC(=O)NC(C(=O)O)C(C)C)C1C. The molecule has 0 aromatic heterocycles. The van der Waals surface area contributed by atoms with Crippen molar-refractivity contribution in [3.63, 3.8) is 0 Å². The third-order valence-corrected chi connectivity index (χ3v) is 4.29. The molecule has 110 valence electrons. The van der Waals surface area contributed by atoms with Gasteiger partial charge in [-0.1, -0.05) is 34.1 Å². The maximum absolute atomic E-state index is 11.9. The summed E-state index contributed by atoms with van der Waals surface area (Å²) in [5.74, 6) is -0.00700. The molecule has 0 aliphatic heterocycles. The molecule has 4 atom stereocenters. The smallest absolute Gasteiger partial charge is 0.326 e. The maximum atomic E-state index is 11.9. The Kier molecular flexibility index (Phi) is 5.63. The number of aliphatic carboxylic acids is 1. The van der Waals surface area contributed by atoms with Crippen LogP contribution in [0.15, 0.2) is 0 Å². The Morgan fingerprint density at radius 3 is 2.37 bits per heavy atom. The summed E-state index contributed by atoms with van der Waals surface area (Å²) in [6, 6.07) is -1.04. The number of carbonyl (C=O) groups excluding carboxylic acids is 1. The topological polar surface area (TPSA) is 78.4 Å². The Morgan fingerprint density at radius 2 is 1.95 bits per heavy atom. The van der Waals surface area contributed by atoms with Gasteiger partial charge in [0, 0.05) is 6.04 Å². The number of carboxylic acids is 1. The van der Waals surface area contributed by atoms with E-state index in [9.17, 15) is 9.59 Å². The number of rotatable bonds is 5. The first kappa shape index (κ1) is 15.8. The van der Waals surface area contributed by atoms with E-state index in [4.69, 9.17) is 5.11 Å². The van der Waals surface area contributed by atoms with Crippen LogP contribution in [0.1, 0.15) is 47.0 Å². The minimum Gasteiger partial charge on any atom is -0.480 e. The summed E-state index contributed by atoms with van der Waals surface area (Å²) in [4.78, 5) is 22.9. The Labute approximate surface area is 115 Å². The highest BCUT2D eigenvalue weighted by Gasteiger charge is 2.33. The normalized spacial score (nSPS) is 28.2. The van der Waals surface area contributed by atoms with Gasteiger partial charge in [-0.25, -0.2) is 9.59 Å². The number of hydrogen-bond donors (Lipinski definition) is 3. The van der Waals surface area contributed by atoms with E-state index in [1.54, 1.807) is 13.8 Å². The fraction of sp³-hybridized carbons (Fsp3) is 0.857. The monoisotopic (exact) mass is 270 g/mol. The van der Waals surface area contributed by atoms with Crippen molar-refractivity contribution >= 4 is 12.0 Å². The van der Waals surface area contributed by atoms with E-state index >= 15 is 0 Å².